The molecule has 0 bridgehead atoms. The summed E-state index contributed by atoms with van der Waals surface area (Å²) in [4.78, 5) is 11.6. The van der Waals surface area contributed by atoms with E-state index in [0.29, 0.717) is 24.5 Å². The van der Waals surface area contributed by atoms with Crippen molar-refractivity contribution in [2.24, 2.45) is 5.92 Å². The summed E-state index contributed by atoms with van der Waals surface area (Å²) in [6.45, 7) is 0. The molecule has 0 aromatic heterocycles. The van der Waals surface area contributed by atoms with E-state index in [-0.39, 0.29) is 17.1 Å². The summed E-state index contributed by atoms with van der Waals surface area (Å²) in [6.07, 6.45) is 14.8. The number of rotatable bonds is 4. The normalized spacial score (nSPS) is 16.8. The Hall–Kier alpha value is -0.251. The van der Waals surface area contributed by atoms with Gasteiger partial charge in [0.05, 0.1) is 0 Å². The average molecular weight is 241 g/mol. The molecule has 0 aliphatic heterocycles. The molecule has 1 rings (SSSR count). The number of unbranched alkanes of at least 4 members (excludes halogenated alkanes) is 1. The summed E-state index contributed by atoms with van der Waals surface area (Å²) >= 11 is 0. The molecule has 0 heterocycles. The molecule has 1 saturated carbocycles. The van der Waals surface area contributed by atoms with Gasteiger partial charge >= 0.3 is 17.1 Å². The van der Waals surface area contributed by atoms with Gasteiger partial charge in [0.2, 0.25) is 0 Å². The molecule has 0 aromatic rings. The van der Waals surface area contributed by atoms with Gasteiger partial charge in [0, 0.05) is 12.3 Å². The van der Waals surface area contributed by atoms with E-state index in [9.17, 15) is 4.79 Å². The molecule has 0 radical (unpaired) electrons. The average Bonchev–Trinajstić information content (AvgIpc) is 2.19. The number of hydrogen-bond acceptors (Lipinski definition) is 1. The summed E-state index contributed by atoms with van der Waals surface area (Å²) < 4.78 is 0. The third kappa shape index (κ3) is 4.84. The first-order valence-electron chi connectivity index (χ1n) is 5.27. The van der Waals surface area contributed by atoms with Crippen molar-refractivity contribution in [1.29, 1.82) is 0 Å². The number of Topliss-reactive ketones (excluding diaryl/α,β-unsaturated/α-hetero) is 1. The zero-order valence-electron chi connectivity index (χ0n) is 8.44. The molecular weight excluding hydrogens is 224 g/mol. The molecule has 0 N–H and O–H groups in total. The Morgan fingerprint density at radius 1 is 1.29 bits per heavy atom. The van der Waals surface area contributed by atoms with Gasteiger partial charge in [-0.2, -0.15) is 0 Å². The number of carbonyl (C=O) groups is 1. The van der Waals surface area contributed by atoms with Crippen molar-refractivity contribution in [3.05, 3.63) is 6.42 Å². The number of carbonyl (C=O) groups excluding carboxylic acids is 1. The van der Waals surface area contributed by atoms with Crippen LogP contribution < -0.4 is 0 Å². The predicted octanol–water partition coefficient (Wildman–Crippen LogP) is 2.89. The van der Waals surface area contributed by atoms with Crippen LogP contribution in [0.5, 0.6) is 0 Å². The second kappa shape index (κ2) is 8.09. The SMILES string of the molecule is [C-]#CCCCC(=O)C1CCCCC1.[Cu+]. The van der Waals surface area contributed by atoms with Crippen LogP contribution in [0.2, 0.25) is 0 Å². The Labute approximate surface area is 97.5 Å². The third-order valence-corrected chi connectivity index (χ3v) is 2.79. The molecule has 14 heavy (non-hydrogen) atoms. The molecular formula is C12H17CuO. The fourth-order valence-electron chi connectivity index (χ4n) is 1.98. The first-order valence-corrected chi connectivity index (χ1v) is 5.27. The fourth-order valence-corrected chi connectivity index (χ4v) is 1.98. The van der Waals surface area contributed by atoms with E-state index in [2.05, 4.69) is 5.92 Å². The van der Waals surface area contributed by atoms with E-state index in [4.69, 9.17) is 6.42 Å². The second-order valence-corrected chi connectivity index (χ2v) is 3.83. The summed E-state index contributed by atoms with van der Waals surface area (Å²) in [7, 11) is 0. The minimum atomic E-state index is 0. The predicted molar refractivity (Wildman–Crippen MR) is 52.6 cm³/mol. The van der Waals surface area contributed by atoms with Crippen LogP contribution >= 0.6 is 0 Å². The van der Waals surface area contributed by atoms with Crippen LogP contribution in [-0.2, 0) is 21.9 Å². The Balaban J connectivity index is 0.00000169. The first-order chi connectivity index (χ1) is 6.34. The standard InChI is InChI=1S/C12H17O.Cu/c1-2-3-5-10-12(13)11-8-6-4-7-9-11;/h11H,3-10H2;/q-1;+1. The summed E-state index contributed by atoms with van der Waals surface area (Å²) in [5.41, 5.74) is 0. The maximum atomic E-state index is 11.6. The van der Waals surface area contributed by atoms with Crippen LogP contribution in [-0.4, -0.2) is 5.78 Å². The molecule has 0 amide bonds. The Morgan fingerprint density at radius 2 is 1.93 bits per heavy atom. The van der Waals surface area contributed by atoms with Crippen molar-refractivity contribution in [3.8, 4) is 5.92 Å². The minimum absolute atomic E-state index is 0. The number of hydrogen-bond donors (Lipinski definition) is 0. The van der Waals surface area contributed by atoms with Gasteiger partial charge in [-0.05, 0) is 25.7 Å². The van der Waals surface area contributed by atoms with E-state index in [1.54, 1.807) is 0 Å². The molecule has 1 nitrogen and oxygen atoms in total. The van der Waals surface area contributed by atoms with Gasteiger partial charge in [-0.15, -0.1) is 0 Å². The van der Waals surface area contributed by atoms with Crippen LogP contribution in [0.1, 0.15) is 51.4 Å². The van der Waals surface area contributed by atoms with Crippen molar-refractivity contribution >= 4 is 5.78 Å². The van der Waals surface area contributed by atoms with Crippen molar-refractivity contribution in [3.63, 3.8) is 0 Å². The Bertz CT molecular complexity index is 199. The largest absolute Gasteiger partial charge is 1.00 e. The molecule has 1 aliphatic carbocycles. The maximum absolute atomic E-state index is 11.6. The molecule has 0 atom stereocenters. The molecule has 0 saturated heterocycles. The zero-order chi connectivity index (χ0) is 9.52. The Kier molecular flexibility index (Phi) is 7.95. The van der Waals surface area contributed by atoms with Crippen LogP contribution in [0, 0.1) is 18.3 Å². The molecule has 1 fully saturated rings. The van der Waals surface area contributed by atoms with E-state index < -0.39 is 0 Å². The van der Waals surface area contributed by atoms with Gasteiger partial charge < -0.3 is 12.3 Å². The monoisotopic (exact) mass is 240 g/mol. The van der Waals surface area contributed by atoms with E-state index in [1.807, 2.05) is 0 Å². The quantitative estimate of drug-likeness (QED) is 0.320. The van der Waals surface area contributed by atoms with Crippen LogP contribution in [0.3, 0.4) is 0 Å². The van der Waals surface area contributed by atoms with Crippen molar-refractivity contribution in [2.45, 2.75) is 51.4 Å². The van der Waals surface area contributed by atoms with Gasteiger partial charge in [0.25, 0.3) is 0 Å². The maximum Gasteiger partial charge on any atom is 1.00 e. The van der Waals surface area contributed by atoms with Crippen molar-refractivity contribution < 1.29 is 21.9 Å². The fraction of sp³-hybridized carbons (Fsp3) is 0.750. The van der Waals surface area contributed by atoms with Crippen molar-refractivity contribution in [1.82, 2.24) is 0 Å². The van der Waals surface area contributed by atoms with Gasteiger partial charge in [-0.25, -0.2) is 0 Å². The van der Waals surface area contributed by atoms with Crippen LogP contribution in [0.25, 0.3) is 0 Å². The molecule has 2 heteroatoms. The minimum Gasteiger partial charge on any atom is -0.694 e. The van der Waals surface area contributed by atoms with E-state index in [0.717, 1.165) is 19.3 Å². The van der Waals surface area contributed by atoms with Crippen LogP contribution in [0.15, 0.2) is 0 Å². The van der Waals surface area contributed by atoms with Gasteiger partial charge in [-0.1, -0.05) is 19.3 Å². The van der Waals surface area contributed by atoms with Gasteiger partial charge in [0.15, 0.2) is 0 Å². The number of ketones is 1. The second-order valence-electron chi connectivity index (χ2n) is 3.83. The first kappa shape index (κ1) is 13.7. The Morgan fingerprint density at radius 3 is 2.50 bits per heavy atom. The summed E-state index contributed by atoms with van der Waals surface area (Å²) in [5, 5.41) is 0. The zero-order valence-corrected chi connectivity index (χ0v) is 9.39. The molecule has 1 aliphatic rings. The van der Waals surface area contributed by atoms with Gasteiger partial charge in [0.1, 0.15) is 5.78 Å². The topological polar surface area (TPSA) is 17.1 Å². The molecule has 0 aromatic carbocycles. The van der Waals surface area contributed by atoms with E-state index in [1.165, 1.54) is 19.3 Å². The molecule has 0 unspecified atom stereocenters. The smallest absolute Gasteiger partial charge is 0.694 e. The summed E-state index contributed by atoms with van der Waals surface area (Å²) in [5.74, 6) is 3.10. The summed E-state index contributed by atoms with van der Waals surface area (Å²) in [6, 6.07) is 0. The molecule has 82 valence electrons. The van der Waals surface area contributed by atoms with Gasteiger partial charge in [-0.3, -0.25) is 4.79 Å². The van der Waals surface area contributed by atoms with E-state index >= 15 is 0 Å². The van der Waals surface area contributed by atoms with Crippen LogP contribution in [0.4, 0.5) is 0 Å². The third-order valence-electron chi connectivity index (χ3n) is 2.79. The van der Waals surface area contributed by atoms with Crippen molar-refractivity contribution in [2.75, 3.05) is 0 Å². The molecule has 0 spiro atoms.